The molecule has 0 aliphatic carbocycles. The van der Waals surface area contributed by atoms with E-state index in [0.29, 0.717) is 5.92 Å². The summed E-state index contributed by atoms with van der Waals surface area (Å²) in [6.45, 7) is 15.5. The molecule has 0 fully saturated rings. The van der Waals surface area contributed by atoms with Crippen LogP contribution >= 0.6 is 0 Å². The van der Waals surface area contributed by atoms with Gasteiger partial charge in [0.25, 0.3) is 0 Å². The normalized spacial score (nSPS) is 14.8. The number of hydrogen-bond donors (Lipinski definition) is 0. The standard InChI is InChI=1S/C17H31N/c1-8-10-11-17(12-15(5)14(3)4)16(6)13-18(7)9-2/h10-12,14H,8-9,13H2,1-7H3/b11-10-,15-12+,17-16+. The van der Waals surface area contributed by atoms with Crippen LogP contribution in [-0.4, -0.2) is 25.0 Å². The van der Waals surface area contributed by atoms with Gasteiger partial charge in [-0.05, 0) is 45.4 Å². The Morgan fingerprint density at radius 2 is 1.78 bits per heavy atom. The van der Waals surface area contributed by atoms with Crippen LogP contribution in [0.25, 0.3) is 0 Å². The van der Waals surface area contributed by atoms with Crippen LogP contribution in [-0.2, 0) is 0 Å². The van der Waals surface area contributed by atoms with Crippen molar-refractivity contribution < 1.29 is 0 Å². The zero-order chi connectivity index (χ0) is 14.1. The van der Waals surface area contributed by atoms with Crippen molar-refractivity contribution in [3.8, 4) is 0 Å². The molecule has 1 nitrogen and oxygen atoms in total. The van der Waals surface area contributed by atoms with Gasteiger partial charge in [-0.2, -0.15) is 0 Å². The van der Waals surface area contributed by atoms with Crippen molar-refractivity contribution in [2.24, 2.45) is 5.92 Å². The Kier molecular flexibility index (Phi) is 8.74. The van der Waals surface area contributed by atoms with Crippen LogP contribution in [0.15, 0.2) is 34.9 Å². The summed E-state index contributed by atoms with van der Waals surface area (Å²) in [5.74, 6) is 0.617. The van der Waals surface area contributed by atoms with E-state index in [1.54, 1.807) is 0 Å². The molecular weight excluding hydrogens is 218 g/mol. The van der Waals surface area contributed by atoms with E-state index in [-0.39, 0.29) is 0 Å². The molecule has 0 aromatic carbocycles. The van der Waals surface area contributed by atoms with Crippen LogP contribution in [0.1, 0.15) is 48.0 Å². The molecule has 0 saturated heterocycles. The summed E-state index contributed by atoms with van der Waals surface area (Å²) in [6.07, 6.45) is 7.95. The van der Waals surface area contributed by atoms with Crippen molar-refractivity contribution in [2.75, 3.05) is 20.1 Å². The molecular formula is C17H31N. The van der Waals surface area contributed by atoms with Crippen LogP contribution in [0.2, 0.25) is 0 Å². The van der Waals surface area contributed by atoms with E-state index in [0.717, 1.165) is 19.5 Å². The lowest BCUT2D eigenvalue weighted by Crippen LogP contribution is -2.20. The molecule has 1 heteroatoms. The smallest absolute Gasteiger partial charge is 0.0195 e. The van der Waals surface area contributed by atoms with Crippen LogP contribution < -0.4 is 0 Å². The van der Waals surface area contributed by atoms with E-state index in [1.165, 1.54) is 16.7 Å². The van der Waals surface area contributed by atoms with Gasteiger partial charge in [0.15, 0.2) is 0 Å². The maximum atomic E-state index is 2.34. The Morgan fingerprint density at radius 3 is 2.22 bits per heavy atom. The quantitative estimate of drug-likeness (QED) is 0.585. The van der Waals surface area contributed by atoms with Crippen LogP contribution in [0.3, 0.4) is 0 Å². The molecule has 0 atom stereocenters. The summed E-state index contributed by atoms with van der Waals surface area (Å²) >= 11 is 0. The minimum Gasteiger partial charge on any atom is -0.303 e. The fourth-order valence-electron chi connectivity index (χ4n) is 1.58. The van der Waals surface area contributed by atoms with Gasteiger partial charge < -0.3 is 4.90 Å². The van der Waals surface area contributed by atoms with Crippen molar-refractivity contribution in [1.29, 1.82) is 0 Å². The van der Waals surface area contributed by atoms with Crippen molar-refractivity contribution in [1.82, 2.24) is 4.90 Å². The highest BCUT2D eigenvalue weighted by molar-refractivity contribution is 5.37. The van der Waals surface area contributed by atoms with Gasteiger partial charge in [0.05, 0.1) is 0 Å². The Morgan fingerprint density at radius 1 is 1.17 bits per heavy atom. The Balaban J connectivity index is 5.14. The summed E-state index contributed by atoms with van der Waals surface area (Å²) in [5, 5.41) is 0. The first kappa shape index (κ1) is 17.2. The predicted octanol–water partition coefficient (Wildman–Crippen LogP) is 4.82. The van der Waals surface area contributed by atoms with Crippen molar-refractivity contribution >= 4 is 0 Å². The summed E-state index contributed by atoms with van der Waals surface area (Å²) < 4.78 is 0. The first-order valence-electron chi connectivity index (χ1n) is 7.15. The minimum atomic E-state index is 0.617. The second-order valence-corrected chi connectivity index (χ2v) is 5.42. The fraction of sp³-hybridized carbons (Fsp3) is 0.647. The lowest BCUT2D eigenvalue weighted by atomic mass is 9.99. The topological polar surface area (TPSA) is 3.24 Å². The van der Waals surface area contributed by atoms with E-state index in [2.05, 4.69) is 71.7 Å². The van der Waals surface area contributed by atoms with E-state index in [1.807, 2.05) is 0 Å². The molecule has 0 bridgehead atoms. The third-order valence-corrected chi connectivity index (χ3v) is 3.37. The van der Waals surface area contributed by atoms with Crippen LogP contribution in [0, 0.1) is 5.92 Å². The van der Waals surface area contributed by atoms with Gasteiger partial charge >= 0.3 is 0 Å². The zero-order valence-electron chi connectivity index (χ0n) is 13.4. The average Bonchev–Trinajstić information content (AvgIpc) is 2.33. The summed E-state index contributed by atoms with van der Waals surface area (Å²) in [7, 11) is 2.17. The average molecular weight is 249 g/mol. The highest BCUT2D eigenvalue weighted by atomic mass is 15.1. The summed E-state index contributed by atoms with van der Waals surface area (Å²) in [6, 6.07) is 0. The summed E-state index contributed by atoms with van der Waals surface area (Å²) in [4.78, 5) is 2.34. The van der Waals surface area contributed by atoms with Gasteiger partial charge in [-0.1, -0.05) is 57.1 Å². The fourth-order valence-corrected chi connectivity index (χ4v) is 1.58. The first-order valence-corrected chi connectivity index (χ1v) is 7.15. The molecule has 0 N–H and O–H groups in total. The second kappa shape index (κ2) is 9.16. The zero-order valence-corrected chi connectivity index (χ0v) is 13.4. The molecule has 0 saturated carbocycles. The van der Waals surface area contributed by atoms with Crippen molar-refractivity contribution in [2.45, 2.75) is 48.0 Å². The van der Waals surface area contributed by atoms with Crippen molar-refractivity contribution in [3.63, 3.8) is 0 Å². The van der Waals surface area contributed by atoms with Gasteiger partial charge in [0.1, 0.15) is 0 Å². The molecule has 0 rings (SSSR count). The van der Waals surface area contributed by atoms with Crippen molar-refractivity contribution in [3.05, 3.63) is 34.9 Å². The Bertz CT molecular complexity index is 319. The number of nitrogens with zero attached hydrogens (tertiary/aromatic N) is 1. The second-order valence-electron chi connectivity index (χ2n) is 5.42. The highest BCUT2D eigenvalue weighted by Crippen LogP contribution is 2.16. The van der Waals surface area contributed by atoms with Crippen LogP contribution in [0.4, 0.5) is 0 Å². The molecule has 0 aliphatic rings. The Labute approximate surface area is 114 Å². The van der Waals surface area contributed by atoms with Gasteiger partial charge in [-0.25, -0.2) is 0 Å². The third-order valence-electron chi connectivity index (χ3n) is 3.37. The van der Waals surface area contributed by atoms with E-state index in [9.17, 15) is 0 Å². The molecule has 104 valence electrons. The number of allylic oxidation sites excluding steroid dienone is 5. The lowest BCUT2D eigenvalue weighted by Gasteiger charge is -2.16. The number of rotatable bonds is 7. The molecule has 0 amide bonds. The first-order chi connectivity index (χ1) is 8.42. The molecule has 0 aromatic rings. The van der Waals surface area contributed by atoms with E-state index in [4.69, 9.17) is 0 Å². The predicted molar refractivity (Wildman–Crippen MR) is 83.9 cm³/mol. The molecule has 0 aromatic heterocycles. The molecule has 0 radical (unpaired) electrons. The monoisotopic (exact) mass is 249 g/mol. The van der Waals surface area contributed by atoms with Gasteiger partial charge in [0.2, 0.25) is 0 Å². The molecule has 0 unspecified atom stereocenters. The number of likely N-dealkylation sites (N-methyl/N-ethyl adjacent to an activating group) is 1. The molecule has 0 spiro atoms. The SMILES string of the molecule is CC\C=C/C(/C=C(\C)C(C)C)=C(/C)CN(C)CC. The maximum Gasteiger partial charge on any atom is 0.0195 e. The molecule has 18 heavy (non-hydrogen) atoms. The Hall–Kier alpha value is -0.820. The van der Waals surface area contributed by atoms with Crippen LogP contribution in [0.5, 0.6) is 0 Å². The maximum absolute atomic E-state index is 2.34. The van der Waals surface area contributed by atoms with Gasteiger partial charge in [-0.15, -0.1) is 0 Å². The third kappa shape index (κ3) is 6.80. The molecule has 0 heterocycles. The highest BCUT2D eigenvalue weighted by Gasteiger charge is 2.03. The minimum absolute atomic E-state index is 0.617. The lowest BCUT2D eigenvalue weighted by molar-refractivity contribution is 0.383. The number of hydrogen-bond acceptors (Lipinski definition) is 1. The molecule has 0 aliphatic heterocycles. The van der Waals surface area contributed by atoms with Gasteiger partial charge in [0, 0.05) is 6.54 Å². The van der Waals surface area contributed by atoms with E-state index >= 15 is 0 Å². The summed E-state index contributed by atoms with van der Waals surface area (Å²) in [5.41, 5.74) is 4.27. The van der Waals surface area contributed by atoms with E-state index < -0.39 is 0 Å². The largest absolute Gasteiger partial charge is 0.303 e. The van der Waals surface area contributed by atoms with Gasteiger partial charge in [-0.3, -0.25) is 0 Å².